The molecule has 0 aliphatic heterocycles. The van der Waals surface area contributed by atoms with Crippen LogP contribution in [-0.4, -0.2) is 9.97 Å². The summed E-state index contributed by atoms with van der Waals surface area (Å²) in [5, 5.41) is 2.78. The topological polar surface area (TPSA) is 40.7 Å². The van der Waals surface area contributed by atoms with Crippen molar-refractivity contribution in [3.05, 3.63) is 47.0 Å². The lowest BCUT2D eigenvalue weighted by Crippen LogP contribution is -2.02. The second kappa shape index (κ2) is 4.49. The number of nitrogens with zero attached hydrogens (tertiary/aromatic N) is 1. The molecule has 2 aromatic rings. The highest BCUT2D eigenvalue weighted by Gasteiger charge is 2.09. The van der Waals surface area contributed by atoms with E-state index in [1.807, 2.05) is 0 Å². The average Bonchev–Trinajstić information content (AvgIpc) is 2.68. The second-order valence-corrected chi connectivity index (χ2v) is 3.58. The van der Waals surface area contributed by atoms with Crippen LogP contribution in [0.3, 0.4) is 0 Å². The van der Waals surface area contributed by atoms with Crippen molar-refractivity contribution in [2.45, 2.75) is 6.54 Å². The molecule has 3 nitrogen and oxygen atoms in total. The highest BCUT2D eigenvalue weighted by atomic mass is 35.5. The third-order valence-electron chi connectivity index (χ3n) is 2.02. The van der Waals surface area contributed by atoms with E-state index in [1.54, 1.807) is 6.20 Å². The third-order valence-corrected chi connectivity index (χ3v) is 2.32. The Labute approximate surface area is 95.5 Å². The summed E-state index contributed by atoms with van der Waals surface area (Å²) in [5.41, 5.74) is 0.859. The van der Waals surface area contributed by atoms with Crippen molar-refractivity contribution >= 4 is 17.3 Å². The molecule has 0 aliphatic rings. The normalized spacial score (nSPS) is 10.4. The van der Waals surface area contributed by atoms with Gasteiger partial charge in [-0.25, -0.2) is 13.8 Å². The number of H-pyrrole nitrogens is 1. The first-order valence-corrected chi connectivity index (χ1v) is 4.90. The molecule has 0 bridgehead atoms. The fraction of sp³-hybridized carbons (Fsp3) is 0.100. The van der Waals surface area contributed by atoms with Crippen LogP contribution in [0, 0.1) is 11.6 Å². The quantitative estimate of drug-likeness (QED) is 0.870. The summed E-state index contributed by atoms with van der Waals surface area (Å²) in [7, 11) is 0. The Hall–Kier alpha value is -1.62. The minimum Gasteiger partial charge on any atom is -0.376 e. The predicted octanol–water partition coefficient (Wildman–Crippen LogP) is 2.95. The minimum atomic E-state index is -0.718. The number of rotatable bonds is 3. The molecular formula is C10H8ClF2N3. The van der Waals surface area contributed by atoms with Crippen molar-refractivity contribution in [3.8, 4) is 0 Å². The zero-order valence-electron chi connectivity index (χ0n) is 8.10. The molecule has 0 spiro atoms. The summed E-state index contributed by atoms with van der Waals surface area (Å²) in [5.74, 6) is -1.42. The summed E-state index contributed by atoms with van der Waals surface area (Å²) in [6.07, 6.45) is 3.11. The van der Waals surface area contributed by atoms with E-state index in [0.717, 1.165) is 17.8 Å². The van der Waals surface area contributed by atoms with E-state index < -0.39 is 11.6 Å². The van der Waals surface area contributed by atoms with Crippen molar-refractivity contribution < 1.29 is 8.78 Å². The van der Waals surface area contributed by atoms with Gasteiger partial charge in [0.2, 0.25) is 0 Å². The first-order chi connectivity index (χ1) is 7.66. The van der Waals surface area contributed by atoms with Gasteiger partial charge < -0.3 is 10.3 Å². The number of nitrogens with one attached hydrogen (secondary N) is 2. The summed E-state index contributed by atoms with van der Waals surface area (Å²) in [6.45, 7) is 0.336. The number of aromatic amines is 1. The lowest BCUT2D eigenvalue weighted by Gasteiger charge is -2.08. The summed E-state index contributed by atoms with van der Waals surface area (Å²) >= 11 is 5.71. The van der Waals surface area contributed by atoms with Gasteiger partial charge >= 0.3 is 0 Å². The molecule has 0 saturated carbocycles. The molecule has 0 fully saturated rings. The van der Waals surface area contributed by atoms with Gasteiger partial charge in [-0.15, -0.1) is 0 Å². The Morgan fingerprint density at radius 3 is 2.81 bits per heavy atom. The number of anilines is 1. The summed E-state index contributed by atoms with van der Waals surface area (Å²) in [6, 6.07) is 1.83. The fourth-order valence-corrected chi connectivity index (χ4v) is 1.54. The van der Waals surface area contributed by atoms with Crippen LogP contribution < -0.4 is 5.32 Å². The van der Waals surface area contributed by atoms with Crippen molar-refractivity contribution in [1.82, 2.24) is 9.97 Å². The standard InChI is InChI=1S/C10H8ClF2N3/c11-8-1-6(12)2-9(13)10(8)15-4-7-3-14-5-16-7/h1-3,5,15H,4H2,(H,14,16). The maximum Gasteiger partial charge on any atom is 0.150 e. The van der Waals surface area contributed by atoms with Crippen molar-refractivity contribution in [2.24, 2.45) is 0 Å². The summed E-state index contributed by atoms with van der Waals surface area (Å²) in [4.78, 5) is 6.66. The highest BCUT2D eigenvalue weighted by molar-refractivity contribution is 6.33. The van der Waals surface area contributed by atoms with Gasteiger partial charge in [0, 0.05) is 12.3 Å². The van der Waals surface area contributed by atoms with Crippen molar-refractivity contribution in [2.75, 3.05) is 5.32 Å². The first-order valence-electron chi connectivity index (χ1n) is 4.52. The van der Waals surface area contributed by atoms with Gasteiger partial charge in [0.05, 0.1) is 29.3 Å². The molecule has 6 heteroatoms. The molecule has 16 heavy (non-hydrogen) atoms. The maximum atomic E-state index is 13.3. The predicted molar refractivity (Wildman–Crippen MR) is 57.3 cm³/mol. The van der Waals surface area contributed by atoms with E-state index in [2.05, 4.69) is 15.3 Å². The van der Waals surface area contributed by atoms with E-state index in [4.69, 9.17) is 11.6 Å². The van der Waals surface area contributed by atoms with Gasteiger partial charge in [-0.1, -0.05) is 11.6 Å². The van der Waals surface area contributed by atoms with E-state index in [-0.39, 0.29) is 10.7 Å². The monoisotopic (exact) mass is 243 g/mol. The number of hydrogen-bond donors (Lipinski definition) is 2. The van der Waals surface area contributed by atoms with Crippen LogP contribution in [-0.2, 0) is 6.54 Å². The molecule has 0 saturated heterocycles. The van der Waals surface area contributed by atoms with Crippen molar-refractivity contribution in [1.29, 1.82) is 0 Å². The molecule has 0 radical (unpaired) electrons. The fourth-order valence-electron chi connectivity index (χ4n) is 1.28. The molecule has 0 unspecified atom stereocenters. The van der Waals surface area contributed by atoms with Crippen LogP contribution in [0.2, 0.25) is 5.02 Å². The Morgan fingerprint density at radius 2 is 2.19 bits per heavy atom. The molecule has 0 aliphatic carbocycles. The van der Waals surface area contributed by atoms with E-state index in [9.17, 15) is 8.78 Å². The van der Waals surface area contributed by atoms with E-state index in [1.165, 1.54) is 6.33 Å². The maximum absolute atomic E-state index is 13.3. The van der Waals surface area contributed by atoms with Crippen LogP contribution in [0.15, 0.2) is 24.7 Å². The molecule has 1 aromatic heterocycles. The van der Waals surface area contributed by atoms with Crippen molar-refractivity contribution in [3.63, 3.8) is 0 Å². The number of imidazole rings is 1. The molecule has 84 valence electrons. The Balaban J connectivity index is 2.15. The van der Waals surface area contributed by atoms with Gasteiger partial charge in [0.1, 0.15) is 5.82 Å². The molecule has 1 heterocycles. The minimum absolute atomic E-state index is 0.0111. The molecule has 2 rings (SSSR count). The second-order valence-electron chi connectivity index (χ2n) is 3.17. The SMILES string of the molecule is Fc1cc(F)c(NCc2cnc[nH]2)c(Cl)c1. The number of hydrogen-bond acceptors (Lipinski definition) is 2. The average molecular weight is 244 g/mol. The number of aromatic nitrogens is 2. The van der Waals surface area contributed by atoms with Gasteiger partial charge in [0.25, 0.3) is 0 Å². The molecule has 1 aromatic carbocycles. The van der Waals surface area contributed by atoms with Crippen LogP contribution in [0.1, 0.15) is 5.69 Å². The first kappa shape index (κ1) is 10.9. The Morgan fingerprint density at radius 1 is 1.38 bits per heavy atom. The highest BCUT2D eigenvalue weighted by Crippen LogP contribution is 2.26. The van der Waals surface area contributed by atoms with Crippen LogP contribution >= 0.6 is 11.6 Å². The van der Waals surface area contributed by atoms with E-state index in [0.29, 0.717) is 6.54 Å². The van der Waals surface area contributed by atoms with Gasteiger partial charge in [-0.2, -0.15) is 0 Å². The van der Waals surface area contributed by atoms with Crippen LogP contribution in [0.4, 0.5) is 14.5 Å². The third kappa shape index (κ3) is 2.30. The Kier molecular flexibility index (Phi) is 3.05. The molecule has 0 atom stereocenters. The zero-order valence-corrected chi connectivity index (χ0v) is 8.85. The zero-order chi connectivity index (χ0) is 11.5. The van der Waals surface area contributed by atoms with Crippen LogP contribution in [0.5, 0.6) is 0 Å². The summed E-state index contributed by atoms with van der Waals surface area (Å²) < 4.78 is 26.1. The number of halogens is 3. The lowest BCUT2D eigenvalue weighted by molar-refractivity contribution is 0.585. The Bertz CT molecular complexity index is 462. The van der Waals surface area contributed by atoms with Gasteiger partial charge in [-0.3, -0.25) is 0 Å². The van der Waals surface area contributed by atoms with Gasteiger partial charge in [0.15, 0.2) is 5.82 Å². The smallest absolute Gasteiger partial charge is 0.150 e. The van der Waals surface area contributed by atoms with E-state index >= 15 is 0 Å². The lowest BCUT2D eigenvalue weighted by atomic mass is 10.3. The molecular weight excluding hydrogens is 236 g/mol. The molecule has 0 amide bonds. The van der Waals surface area contributed by atoms with Crippen LogP contribution in [0.25, 0.3) is 0 Å². The molecule has 2 N–H and O–H groups in total. The van der Waals surface area contributed by atoms with Gasteiger partial charge in [-0.05, 0) is 6.07 Å². The number of benzene rings is 1. The largest absolute Gasteiger partial charge is 0.376 e.